The zero-order valence-electron chi connectivity index (χ0n) is 19.9. The van der Waals surface area contributed by atoms with E-state index in [9.17, 15) is 24.0 Å². The summed E-state index contributed by atoms with van der Waals surface area (Å²) in [5.41, 5.74) is 0.139. The average molecular weight is 490 g/mol. The molecular weight excluding hydrogens is 458 g/mol. The van der Waals surface area contributed by atoms with Crippen molar-refractivity contribution in [1.29, 1.82) is 0 Å². The summed E-state index contributed by atoms with van der Waals surface area (Å²) >= 11 is 0.902. The molecule has 184 valence electrons. The standard InChI is InChI=1S/C24H31N3O6S/c1-15(28)34-19(14-16-8-6-5-7-9-16)21(30)25-17-10-11-20(29)26-13-12-18(27(26)22(17)31)23(32)33-24(2,3)4/h5-9,17-19H,10-14H2,1-4H3,(H,25,30)/t17-,18?,19+/m0/s1. The quantitative estimate of drug-likeness (QED) is 0.607. The maximum absolute atomic E-state index is 13.4. The van der Waals surface area contributed by atoms with Gasteiger partial charge >= 0.3 is 5.97 Å². The van der Waals surface area contributed by atoms with Gasteiger partial charge in [0, 0.05) is 26.3 Å². The number of hydrogen-bond acceptors (Lipinski definition) is 7. The SMILES string of the molecule is CC(=O)S[C@H](Cc1ccccc1)C(=O)N[C@H]1CCC(=O)N2CCC(C(=O)OC(C)(C)C)N2C1=O. The molecule has 0 bridgehead atoms. The monoisotopic (exact) mass is 489 g/mol. The van der Waals surface area contributed by atoms with E-state index in [1.165, 1.54) is 11.9 Å². The molecule has 0 radical (unpaired) electrons. The zero-order chi connectivity index (χ0) is 25.0. The van der Waals surface area contributed by atoms with Crippen molar-refractivity contribution in [2.45, 2.75) is 76.3 Å². The van der Waals surface area contributed by atoms with Gasteiger partial charge in [0.1, 0.15) is 11.6 Å². The highest BCUT2D eigenvalue weighted by molar-refractivity contribution is 8.14. The number of hydrazine groups is 1. The van der Waals surface area contributed by atoms with E-state index in [1.807, 2.05) is 30.3 Å². The van der Waals surface area contributed by atoms with Crippen LogP contribution in [-0.4, -0.2) is 68.3 Å². The molecule has 34 heavy (non-hydrogen) atoms. The molecule has 2 saturated heterocycles. The van der Waals surface area contributed by atoms with Gasteiger partial charge in [-0.15, -0.1) is 0 Å². The molecule has 1 aromatic carbocycles. The van der Waals surface area contributed by atoms with Gasteiger partial charge < -0.3 is 10.1 Å². The van der Waals surface area contributed by atoms with E-state index in [0.717, 1.165) is 22.3 Å². The number of nitrogens with zero attached hydrogens (tertiary/aromatic N) is 2. The van der Waals surface area contributed by atoms with Crippen LogP contribution in [0.4, 0.5) is 0 Å². The van der Waals surface area contributed by atoms with Crippen molar-refractivity contribution < 1.29 is 28.7 Å². The highest BCUT2D eigenvalue weighted by Crippen LogP contribution is 2.28. The first-order chi connectivity index (χ1) is 16.0. The summed E-state index contributed by atoms with van der Waals surface area (Å²) in [6.07, 6.45) is 0.745. The summed E-state index contributed by atoms with van der Waals surface area (Å²) in [5, 5.41) is 4.23. The maximum Gasteiger partial charge on any atom is 0.331 e. The minimum Gasteiger partial charge on any atom is -0.458 e. The Balaban J connectivity index is 1.78. The summed E-state index contributed by atoms with van der Waals surface area (Å²) in [4.78, 5) is 63.8. The number of hydrogen-bond donors (Lipinski definition) is 1. The highest BCUT2D eigenvalue weighted by Gasteiger charge is 2.48. The molecule has 0 aliphatic carbocycles. The molecule has 3 rings (SSSR count). The van der Waals surface area contributed by atoms with E-state index >= 15 is 0 Å². The average Bonchev–Trinajstić information content (AvgIpc) is 3.16. The Labute approximate surface area is 203 Å². The van der Waals surface area contributed by atoms with Crippen LogP contribution in [0, 0.1) is 0 Å². The van der Waals surface area contributed by atoms with Crippen LogP contribution in [0.2, 0.25) is 0 Å². The molecule has 10 heteroatoms. The number of rotatable bonds is 6. The van der Waals surface area contributed by atoms with Gasteiger partial charge in [-0.25, -0.2) is 9.80 Å². The van der Waals surface area contributed by atoms with Gasteiger partial charge in [0.25, 0.3) is 5.91 Å². The number of benzene rings is 1. The molecular formula is C24H31N3O6S. The molecule has 1 aromatic rings. The first-order valence-corrected chi connectivity index (χ1v) is 12.2. The Hall–Kier alpha value is -2.88. The Morgan fingerprint density at radius 1 is 1.15 bits per heavy atom. The van der Waals surface area contributed by atoms with E-state index in [0.29, 0.717) is 6.42 Å². The lowest BCUT2D eigenvalue weighted by atomic mass is 10.1. The predicted octanol–water partition coefficient (Wildman–Crippen LogP) is 1.84. The lowest BCUT2D eigenvalue weighted by Crippen LogP contribution is -2.56. The van der Waals surface area contributed by atoms with Gasteiger partial charge in [0.2, 0.25) is 11.8 Å². The van der Waals surface area contributed by atoms with Gasteiger partial charge in [-0.3, -0.25) is 24.2 Å². The molecule has 1 unspecified atom stereocenters. The fourth-order valence-corrected chi connectivity index (χ4v) is 4.89. The lowest BCUT2D eigenvalue weighted by Gasteiger charge is -2.32. The normalized spacial score (nSPS) is 21.5. The Morgan fingerprint density at radius 2 is 1.82 bits per heavy atom. The van der Waals surface area contributed by atoms with Crippen LogP contribution in [0.25, 0.3) is 0 Å². The number of amides is 3. The van der Waals surface area contributed by atoms with Crippen molar-refractivity contribution >= 4 is 40.6 Å². The van der Waals surface area contributed by atoms with E-state index in [2.05, 4.69) is 5.32 Å². The number of nitrogens with one attached hydrogen (secondary N) is 1. The van der Waals surface area contributed by atoms with Gasteiger partial charge in [0.15, 0.2) is 11.2 Å². The second-order valence-corrected chi connectivity index (χ2v) is 10.8. The summed E-state index contributed by atoms with van der Waals surface area (Å²) in [6, 6.07) is 7.37. The van der Waals surface area contributed by atoms with Crippen molar-refractivity contribution in [3.05, 3.63) is 35.9 Å². The van der Waals surface area contributed by atoms with Crippen molar-refractivity contribution in [2.24, 2.45) is 0 Å². The van der Waals surface area contributed by atoms with Crippen molar-refractivity contribution in [3.8, 4) is 0 Å². The molecule has 2 aliphatic heterocycles. The van der Waals surface area contributed by atoms with Crippen LogP contribution in [0.15, 0.2) is 30.3 Å². The van der Waals surface area contributed by atoms with Gasteiger partial charge in [-0.2, -0.15) is 0 Å². The lowest BCUT2D eigenvalue weighted by molar-refractivity contribution is -0.174. The number of carbonyl (C=O) groups is 5. The van der Waals surface area contributed by atoms with Crippen molar-refractivity contribution in [1.82, 2.24) is 15.3 Å². The smallest absolute Gasteiger partial charge is 0.331 e. The Bertz CT molecular complexity index is 961. The van der Waals surface area contributed by atoms with Crippen LogP contribution < -0.4 is 5.32 Å². The van der Waals surface area contributed by atoms with E-state index in [-0.39, 0.29) is 36.8 Å². The molecule has 0 spiro atoms. The van der Waals surface area contributed by atoms with Crippen LogP contribution >= 0.6 is 11.8 Å². The fourth-order valence-electron chi connectivity index (χ4n) is 4.04. The number of ether oxygens (including phenoxy) is 1. The largest absolute Gasteiger partial charge is 0.458 e. The summed E-state index contributed by atoms with van der Waals surface area (Å²) in [5.74, 6) is -1.86. The molecule has 3 atom stereocenters. The molecule has 3 amide bonds. The zero-order valence-corrected chi connectivity index (χ0v) is 20.7. The summed E-state index contributed by atoms with van der Waals surface area (Å²) in [7, 11) is 0. The van der Waals surface area contributed by atoms with E-state index in [1.54, 1.807) is 20.8 Å². The molecule has 0 saturated carbocycles. The number of fused-ring (bicyclic) bond motifs is 1. The highest BCUT2D eigenvalue weighted by atomic mass is 32.2. The molecule has 2 aliphatic rings. The van der Waals surface area contributed by atoms with Crippen molar-refractivity contribution in [2.75, 3.05) is 6.54 Å². The molecule has 0 aromatic heterocycles. The first kappa shape index (κ1) is 25.7. The molecule has 1 N–H and O–H groups in total. The van der Waals surface area contributed by atoms with Gasteiger partial charge in [-0.1, -0.05) is 42.1 Å². The van der Waals surface area contributed by atoms with Gasteiger partial charge in [-0.05, 0) is 39.2 Å². The summed E-state index contributed by atoms with van der Waals surface area (Å²) in [6.45, 7) is 6.81. The third-order valence-corrected chi connectivity index (χ3v) is 6.49. The Morgan fingerprint density at radius 3 is 2.44 bits per heavy atom. The third-order valence-electron chi connectivity index (χ3n) is 5.49. The molecule has 9 nitrogen and oxygen atoms in total. The number of carbonyl (C=O) groups excluding carboxylic acids is 5. The van der Waals surface area contributed by atoms with Gasteiger partial charge in [0.05, 0.1) is 5.25 Å². The van der Waals surface area contributed by atoms with Crippen LogP contribution in [0.3, 0.4) is 0 Å². The van der Waals surface area contributed by atoms with E-state index in [4.69, 9.17) is 4.74 Å². The van der Waals surface area contributed by atoms with Crippen LogP contribution in [0.1, 0.15) is 52.5 Å². The van der Waals surface area contributed by atoms with E-state index < -0.39 is 40.7 Å². The second-order valence-electron chi connectivity index (χ2n) is 9.43. The first-order valence-electron chi connectivity index (χ1n) is 11.3. The number of thioether (sulfide) groups is 1. The second kappa shape index (κ2) is 10.6. The number of esters is 1. The van der Waals surface area contributed by atoms with Crippen LogP contribution in [-0.2, 0) is 35.1 Å². The maximum atomic E-state index is 13.4. The Kier molecular flexibility index (Phi) is 8.01. The topological polar surface area (TPSA) is 113 Å². The third kappa shape index (κ3) is 6.37. The van der Waals surface area contributed by atoms with Crippen LogP contribution in [0.5, 0.6) is 0 Å². The summed E-state index contributed by atoms with van der Waals surface area (Å²) < 4.78 is 5.46. The molecule has 2 fully saturated rings. The molecule has 2 heterocycles. The van der Waals surface area contributed by atoms with Crippen molar-refractivity contribution in [3.63, 3.8) is 0 Å². The minimum absolute atomic E-state index is 0.0530. The minimum atomic E-state index is -0.990. The predicted molar refractivity (Wildman–Crippen MR) is 126 cm³/mol. The fraction of sp³-hybridized carbons (Fsp3) is 0.542.